The van der Waals surface area contributed by atoms with Crippen LogP contribution in [0.5, 0.6) is 0 Å². The van der Waals surface area contributed by atoms with Crippen molar-refractivity contribution in [1.82, 2.24) is 0 Å². The van der Waals surface area contributed by atoms with Gasteiger partial charge in [0.2, 0.25) is 0 Å². The fourth-order valence-corrected chi connectivity index (χ4v) is 5.35. The molecule has 22 heavy (non-hydrogen) atoms. The fourth-order valence-electron chi connectivity index (χ4n) is 5.35. The van der Waals surface area contributed by atoms with E-state index in [9.17, 15) is 0 Å². The van der Waals surface area contributed by atoms with Crippen molar-refractivity contribution in [1.29, 1.82) is 0 Å². The smallest absolute Gasteiger partial charge is 0.0272 e. The molecule has 0 spiro atoms. The first-order valence-corrected chi connectivity index (χ1v) is 10.2. The number of fused-ring (bicyclic) bond motifs is 3. The van der Waals surface area contributed by atoms with Gasteiger partial charge in [-0.3, -0.25) is 0 Å². The number of hydrogen-bond acceptors (Lipinski definition) is 0. The first-order valence-electron chi connectivity index (χ1n) is 10.2. The van der Waals surface area contributed by atoms with Crippen molar-refractivity contribution in [2.45, 2.75) is 113 Å². The zero-order chi connectivity index (χ0) is 17.0. The Kier molecular flexibility index (Phi) is 7.03. The molecule has 0 radical (unpaired) electrons. The maximum Gasteiger partial charge on any atom is -0.0272 e. The van der Waals surface area contributed by atoms with E-state index in [0.29, 0.717) is 16.2 Å². The molecule has 0 heteroatoms. The van der Waals surface area contributed by atoms with Gasteiger partial charge in [-0.1, -0.05) is 81.1 Å². The van der Waals surface area contributed by atoms with E-state index in [1.807, 2.05) is 13.8 Å². The molecular weight excluding hydrogens is 264 g/mol. The van der Waals surface area contributed by atoms with E-state index in [1.165, 1.54) is 57.8 Å². The van der Waals surface area contributed by atoms with Gasteiger partial charge < -0.3 is 0 Å². The van der Waals surface area contributed by atoms with Gasteiger partial charge in [0.1, 0.15) is 0 Å². The summed E-state index contributed by atoms with van der Waals surface area (Å²) in [7, 11) is 0. The summed E-state index contributed by atoms with van der Waals surface area (Å²) in [4.78, 5) is 0. The van der Waals surface area contributed by atoms with Crippen LogP contribution in [-0.4, -0.2) is 0 Å². The van der Waals surface area contributed by atoms with Crippen LogP contribution < -0.4 is 0 Å². The first kappa shape index (κ1) is 20.0. The van der Waals surface area contributed by atoms with Gasteiger partial charge in [0, 0.05) is 0 Å². The van der Waals surface area contributed by atoms with Gasteiger partial charge in [-0.15, -0.1) is 0 Å². The van der Waals surface area contributed by atoms with Crippen molar-refractivity contribution in [3.05, 3.63) is 0 Å². The Morgan fingerprint density at radius 3 is 2.09 bits per heavy atom. The normalized spacial score (nSPS) is 46.4. The molecule has 0 aromatic heterocycles. The average molecular weight is 309 g/mol. The molecule has 0 aromatic rings. The highest BCUT2D eigenvalue weighted by Crippen LogP contribution is 2.58. The van der Waals surface area contributed by atoms with Gasteiger partial charge >= 0.3 is 0 Å². The minimum atomic E-state index is 0.565. The molecule has 0 heterocycles. The topological polar surface area (TPSA) is 0 Å². The van der Waals surface area contributed by atoms with Crippen LogP contribution in [0.25, 0.3) is 0 Å². The molecule has 2 saturated carbocycles. The molecule has 0 aliphatic heterocycles. The third-order valence-corrected chi connectivity index (χ3v) is 8.04. The summed E-state index contributed by atoms with van der Waals surface area (Å²) in [6.07, 6.45) is 13.0. The van der Waals surface area contributed by atoms with Crippen LogP contribution in [0.2, 0.25) is 0 Å². The molecule has 2 fully saturated rings. The third kappa shape index (κ3) is 3.90. The van der Waals surface area contributed by atoms with E-state index < -0.39 is 0 Å². The summed E-state index contributed by atoms with van der Waals surface area (Å²) in [5, 5.41) is 0. The quantitative estimate of drug-likeness (QED) is 0.462. The van der Waals surface area contributed by atoms with E-state index in [2.05, 4.69) is 41.5 Å². The maximum atomic E-state index is 2.63. The summed E-state index contributed by atoms with van der Waals surface area (Å²) in [5.74, 6) is 1.83. The second-order valence-electron chi connectivity index (χ2n) is 9.27. The highest BCUT2D eigenvalue weighted by Gasteiger charge is 2.47. The van der Waals surface area contributed by atoms with E-state index >= 15 is 0 Å². The predicted molar refractivity (Wildman–Crippen MR) is 101 cm³/mol. The van der Waals surface area contributed by atoms with Crippen LogP contribution in [0.15, 0.2) is 0 Å². The Labute approximate surface area is 141 Å². The van der Waals surface area contributed by atoms with Crippen molar-refractivity contribution >= 4 is 0 Å². The molecule has 2 bridgehead atoms. The highest BCUT2D eigenvalue weighted by atomic mass is 14.5. The van der Waals surface area contributed by atoms with Gasteiger partial charge in [0.15, 0.2) is 0 Å². The standard InChI is InChI=1S/C20H38.C2H6/c1-7-19(5)11-8-9-17(3)18(4)13-14-20(19,6)12-10-16(2)15-18;1-2/h16-17H,7-15H2,1-6H3;1-2H3. The fraction of sp³-hybridized carbons (Fsp3) is 1.00. The highest BCUT2D eigenvalue weighted by molar-refractivity contribution is 4.97. The minimum absolute atomic E-state index is 0.565. The Morgan fingerprint density at radius 2 is 1.50 bits per heavy atom. The number of rotatable bonds is 1. The molecule has 0 nitrogen and oxygen atoms in total. The molecule has 2 aliphatic rings. The van der Waals surface area contributed by atoms with Crippen molar-refractivity contribution in [3.8, 4) is 0 Å². The van der Waals surface area contributed by atoms with Gasteiger partial charge in [0.05, 0.1) is 0 Å². The summed E-state index contributed by atoms with van der Waals surface area (Å²) >= 11 is 0. The van der Waals surface area contributed by atoms with Crippen molar-refractivity contribution in [3.63, 3.8) is 0 Å². The van der Waals surface area contributed by atoms with Gasteiger partial charge in [-0.05, 0) is 60.2 Å². The van der Waals surface area contributed by atoms with Crippen LogP contribution in [0, 0.1) is 28.1 Å². The lowest BCUT2D eigenvalue weighted by molar-refractivity contribution is 0.00169. The summed E-state index contributed by atoms with van der Waals surface area (Å²) < 4.78 is 0. The molecule has 0 amide bonds. The monoisotopic (exact) mass is 308 g/mol. The lowest BCUT2D eigenvalue weighted by Gasteiger charge is -2.50. The van der Waals surface area contributed by atoms with Crippen LogP contribution in [-0.2, 0) is 0 Å². The summed E-state index contributed by atoms with van der Waals surface area (Å²) in [6, 6.07) is 0. The summed E-state index contributed by atoms with van der Waals surface area (Å²) in [6.45, 7) is 19.3. The number of hydrogen-bond donors (Lipinski definition) is 0. The molecule has 132 valence electrons. The molecule has 0 saturated heterocycles. The average Bonchev–Trinajstić information content (AvgIpc) is 2.52. The largest absolute Gasteiger partial charge is 0.0683 e. The van der Waals surface area contributed by atoms with Crippen molar-refractivity contribution in [2.75, 3.05) is 0 Å². The molecule has 5 unspecified atom stereocenters. The Hall–Kier alpha value is 0. The van der Waals surface area contributed by atoms with E-state index in [4.69, 9.17) is 0 Å². The molecule has 5 atom stereocenters. The second-order valence-corrected chi connectivity index (χ2v) is 9.27. The van der Waals surface area contributed by atoms with E-state index in [-0.39, 0.29) is 0 Å². The molecule has 2 aliphatic carbocycles. The van der Waals surface area contributed by atoms with E-state index in [0.717, 1.165) is 11.8 Å². The molecule has 2 rings (SSSR count). The van der Waals surface area contributed by atoms with Crippen molar-refractivity contribution in [2.24, 2.45) is 28.1 Å². The molecular formula is C22H44. The SMILES string of the molecule is CC.CCC1(C)CCCC(C)C2(C)CCC1(C)CCC(C)C2. The third-order valence-electron chi connectivity index (χ3n) is 8.04. The predicted octanol–water partition coefficient (Wildman–Crippen LogP) is 7.86. The minimum Gasteiger partial charge on any atom is -0.0683 e. The van der Waals surface area contributed by atoms with Crippen molar-refractivity contribution < 1.29 is 0 Å². The first-order chi connectivity index (χ1) is 10.2. The lowest BCUT2D eigenvalue weighted by Crippen LogP contribution is -2.40. The van der Waals surface area contributed by atoms with Gasteiger partial charge in [0.25, 0.3) is 0 Å². The molecule has 0 N–H and O–H groups in total. The zero-order valence-electron chi connectivity index (χ0n) is 17.0. The van der Waals surface area contributed by atoms with Crippen LogP contribution in [0.1, 0.15) is 113 Å². The second kappa shape index (κ2) is 7.71. The van der Waals surface area contributed by atoms with Gasteiger partial charge in [-0.2, -0.15) is 0 Å². The van der Waals surface area contributed by atoms with Gasteiger partial charge in [-0.25, -0.2) is 0 Å². The summed E-state index contributed by atoms with van der Waals surface area (Å²) in [5.41, 5.74) is 1.73. The maximum absolute atomic E-state index is 2.63. The Morgan fingerprint density at radius 1 is 0.864 bits per heavy atom. The Bertz CT molecular complexity index is 333. The Balaban J connectivity index is 0.00000116. The van der Waals surface area contributed by atoms with Crippen LogP contribution in [0.4, 0.5) is 0 Å². The van der Waals surface area contributed by atoms with Crippen LogP contribution >= 0.6 is 0 Å². The zero-order valence-corrected chi connectivity index (χ0v) is 17.0. The van der Waals surface area contributed by atoms with E-state index in [1.54, 1.807) is 0 Å². The lowest BCUT2D eigenvalue weighted by atomic mass is 9.55. The molecule has 0 aromatic carbocycles. The van der Waals surface area contributed by atoms with Crippen LogP contribution in [0.3, 0.4) is 0 Å².